The largest absolute Gasteiger partial charge is 0.355 e. The van der Waals surface area contributed by atoms with E-state index in [4.69, 9.17) is 0 Å². The normalized spacial score (nSPS) is 20.5. The Morgan fingerprint density at radius 2 is 1.81 bits per heavy atom. The third-order valence-corrected chi connectivity index (χ3v) is 7.15. The molecule has 0 spiro atoms. The number of benzene rings is 1. The number of amides is 1. The maximum atomic E-state index is 13.9. The highest BCUT2D eigenvalue weighted by Crippen LogP contribution is 2.25. The predicted molar refractivity (Wildman–Crippen MR) is 100 cm³/mol. The van der Waals surface area contributed by atoms with Gasteiger partial charge in [-0.2, -0.15) is 4.31 Å². The first kappa shape index (κ1) is 20.2. The molecule has 0 radical (unpaired) electrons. The Hall–Kier alpha value is -1.55. The lowest BCUT2D eigenvalue weighted by atomic mass is 9.97. The Kier molecular flexibility index (Phi) is 6.80. The molecule has 2 aliphatic heterocycles. The summed E-state index contributed by atoms with van der Waals surface area (Å²) in [5.74, 6) is -0.960. The van der Waals surface area contributed by atoms with Crippen molar-refractivity contribution in [2.45, 2.75) is 17.7 Å². The van der Waals surface area contributed by atoms with Crippen molar-refractivity contribution in [1.82, 2.24) is 19.8 Å². The first-order valence-corrected chi connectivity index (χ1v) is 10.9. The van der Waals surface area contributed by atoms with Gasteiger partial charge in [0.05, 0.1) is 0 Å². The summed E-state index contributed by atoms with van der Waals surface area (Å²) in [6.45, 7) is 5.82. The van der Waals surface area contributed by atoms with Crippen molar-refractivity contribution in [3.8, 4) is 0 Å². The van der Waals surface area contributed by atoms with Crippen LogP contribution in [0.2, 0.25) is 0 Å². The molecule has 9 heteroatoms. The highest BCUT2D eigenvalue weighted by molar-refractivity contribution is 7.89. The molecule has 0 saturated carbocycles. The van der Waals surface area contributed by atoms with Crippen molar-refractivity contribution in [1.29, 1.82) is 0 Å². The molecular weight excluding hydrogens is 371 g/mol. The average Bonchev–Trinajstić information content (AvgIpc) is 2.69. The molecule has 1 aromatic carbocycles. The molecule has 2 heterocycles. The van der Waals surface area contributed by atoms with Crippen molar-refractivity contribution in [2.24, 2.45) is 5.92 Å². The highest BCUT2D eigenvalue weighted by Gasteiger charge is 2.33. The van der Waals surface area contributed by atoms with E-state index < -0.39 is 15.8 Å². The fourth-order valence-electron chi connectivity index (χ4n) is 3.57. The number of sulfonamides is 1. The monoisotopic (exact) mass is 398 g/mol. The fraction of sp³-hybridized carbons (Fsp3) is 0.611. The van der Waals surface area contributed by atoms with Crippen LogP contribution in [0.25, 0.3) is 0 Å². The van der Waals surface area contributed by atoms with Crippen LogP contribution in [-0.4, -0.2) is 75.9 Å². The number of nitrogens with zero attached hydrogens (tertiary/aromatic N) is 2. The molecule has 0 aliphatic carbocycles. The minimum atomic E-state index is -3.86. The molecule has 3 rings (SSSR count). The first-order chi connectivity index (χ1) is 13.0. The van der Waals surface area contributed by atoms with Gasteiger partial charge in [0.2, 0.25) is 15.9 Å². The molecule has 150 valence electrons. The molecule has 2 saturated heterocycles. The molecule has 0 bridgehead atoms. The zero-order valence-corrected chi connectivity index (χ0v) is 16.2. The molecule has 1 amide bonds. The molecule has 2 N–H and O–H groups in total. The molecule has 0 atom stereocenters. The van der Waals surface area contributed by atoms with Gasteiger partial charge in [0.1, 0.15) is 10.7 Å². The van der Waals surface area contributed by atoms with Gasteiger partial charge in [0.15, 0.2) is 0 Å². The summed E-state index contributed by atoms with van der Waals surface area (Å²) in [6, 6.07) is 5.39. The summed E-state index contributed by atoms with van der Waals surface area (Å²) in [7, 11) is -3.86. The smallest absolute Gasteiger partial charge is 0.245 e. The maximum absolute atomic E-state index is 13.9. The van der Waals surface area contributed by atoms with Crippen molar-refractivity contribution in [2.75, 3.05) is 52.4 Å². The second kappa shape index (κ2) is 9.09. The summed E-state index contributed by atoms with van der Waals surface area (Å²) < 4.78 is 40.3. The van der Waals surface area contributed by atoms with E-state index in [1.807, 2.05) is 0 Å². The summed E-state index contributed by atoms with van der Waals surface area (Å²) in [5, 5.41) is 6.26. The van der Waals surface area contributed by atoms with Crippen molar-refractivity contribution < 1.29 is 17.6 Å². The third-order valence-electron chi connectivity index (χ3n) is 5.22. The molecule has 2 aliphatic rings. The predicted octanol–water partition coefficient (Wildman–Crippen LogP) is 0.248. The number of carbonyl (C=O) groups is 1. The van der Waals surface area contributed by atoms with E-state index in [1.54, 1.807) is 0 Å². The van der Waals surface area contributed by atoms with Gasteiger partial charge in [-0.3, -0.25) is 9.69 Å². The van der Waals surface area contributed by atoms with Gasteiger partial charge in [-0.05, 0) is 25.0 Å². The zero-order valence-electron chi connectivity index (χ0n) is 15.4. The van der Waals surface area contributed by atoms with E-state index in [-0.39, 0.29) is 29.8 Å². The highest BCUT2D eigenvalue weighted by atomic mass is 32.2. The van der Waals surface area contributed by atoms with Gasteiger partial charge in [-0.1, -0.05) is 12.1 Å². The average molecular weight is 399 g/mol. The zero-order chi connectivity index (χ0) is 19.3. The number of halogens is 1. The summed E-state index contributed by atoms with van der Waals surface area (Å²) in [6.07, 6.45) is 0.903. The van der Waals surface area contributed by atoms with E-state index in [2.05, 4.69) is 15.5 Å². The van der Waals surface area contributed by atoms with Gasteiger partial charge >= 0.3 is 0 Å². The number of hydrogen-bond donors (Lipinski definition) is 2. The van der Waals surface area contributed by atoms with Crippen LogP contribution < -0.4 is 10.6 Å². The van der Waals surface area contributed by atoms with Crippen molar-refractivity contribution in [3.05, 3.63) is 30.1 Å². The Morgan fingerprint density at radius 3 is 2.48 bits per heavy atom. The topological polar surface area (TPSA) is 81.8 Å². The number of piperidine rings is 1. The fourth-order valence-corrected chi connectivity index (χ4v) is 5.10. The first-order valence-electron chi connectivity index (χ1n) is 9.44. The second-order valence-electron chi connectivity index (χ2n) is 6.99. The summed E-state index contributed by atoms with van der Waals surface area (Å²) >= 11 is 0. The Morgan fingerprint density at radius 1 is 1.15 bits per heavy atom. The minimum absolute atomic E-state index is 0.0203. The molecule has 1 aromatic rings. The number of hydrogen-bond acceptors (Lipinski definition) is 5. The van der Waals surface area contributed by atoms with Gasteiger partial charge in [-0.25, -0.2) is 12.8 Å². The number of piperazine rings is 1. The van der Waals surface area contributed by atoms with Gasteiger partial charge < -0.3 is 10.6 Å². The Labute approximate surface area is 160 Å². The number of carbonyl (C=O) groups excluding carboxylic acids is 1. The maximum Gasteiger partial charge on any atom is 0.245 e. The van der Waals surface area contributed by atoms with Gasteiger partial charge in [-0.15, -0.1) is 0 Å². The van der Waals surface area contributed by atoms with Crippen LogP contribution in [0.5, 0.6) is 0 Å². The summed E-state index contributed by atoms with van der Waals surface area (Å²) in [5.41, 5.74) is 0. The Bertz CT molecular complexity index is 745. The van der Waals surface area contributed by atoms with Gasteiger partial charge in [0.25, 0.3) is 0 Å². The van der Waals surface area contributed by atoms with E-state index in [0.717, 1.165) is 38.8 Å². The lowest BCUT2D eigenvalue weighted by Gasteiger charge is -2.31. The lowest BCUT2D eigenvalue weighted by molar-refractivity contribution is -0.126. The molecule has 2 fully saturated rings. The minimum Gasteiger partial charge on any atom is -0.355 e. The third kappa shape index (κ3) is 5.04. The summed E-state index contributed by atoms with van der Waals surface area (Å²) in [4.78, 5) is 14.4. The molecule has 7 nitrogen and oxygen atoms in total. The van der Waals surface area contributed by atoms with Crippen LogP contribution in [-0.2, 0) is 14.8 Å². The van der Waals surface area contributed by atoms with Crippen LogP contribution in [0, 0.1) is 11.7 Å². The van der Waals surface area contributed by atoms with E-state index in [9.17, 15) is 17.6 Å². The van der Waals surface area contributed by atoms with Crippen LogP contribution in [0.1, 0.15) is 12.8 Å². The standard InChI is InChI=1S/C18H27FN4O3S/c19-16-3-1-2-4-17(16)27(25,26)23-10-5-15(6-11-23)18(24)21-9-14-22-12-7-20-8-13-22/h1-4,15,20H,5-14H2,(H,21,24). The molecule has 0 unspecified atom stereocenters. The number of nitrogens with one attached hydrogen (secondary N) is 2. The van der Waals surface area contributed by atoms with E-state index >= 15 is 0 Å². The van der Waals surface area contributed by atoms with E-state index in [0.29, 0.717) is 19.4 Å². The number of rotatable bonds is 6. The van der Waals surface area contributed by atoms with Crippen LogP contribution in [0.4, 0.5) is 4.39 Å². The Balaban J connectivity index is 1.46. The van der Waals surface area contributed by atoms with Crippen LogP contribution in [0.15, 0.2) is 29.2 Å². The van der Waals surface area contributed by atoms with Crippen molar-refractivity contribution in [3.63, 3.8) is 0 Å². The molecule has 0 aromatic heterocycles. The second-order valence-corrected chi connectivity index (χ2v) is 8.90. The van der Waals surface area contributed by atoms with Crippen LogP contribution in [0.3, 0.4) is 0 Å². The van der Waals surface area contributed by atoms with Gasteiger partial charge in [0, 0.05) is 58.3 Å². The van der Waals surface area contributed by atoms with Crippen LogP contribution >= 0.6 is 0 Å². The molecule has 27 heavy (non-hydrogen) atoms. The SMILES string of the molecule is O=C(NCCN1CCNCC1)C1CCN(S(=O)(=O)c2ccccc2F)CC1. The molecular formula is C18H27FN4O3S. The van der Waals surface area contributed by atoms with E-state index in [1.165, 1.54) is 22.5 Å². The van der Waals surface area contributed by atoms with Crippen molar-refractivity contribution >= 4 is 15.9 Å². The quantitative estimate of drug-likeness (QED) is 0.718. The lowest BCUT2D eigenvalue weighted by Crippen LogP contribution is -2.47.